The molecule has 1 N–H and O–H groups in total. The van der Waals surface area contributed by atoms with Crippen molar-refractivity contribution in [2.24, 2.45) is 0 Å². The van der Waals surface area contributed by atoms with Crippen LogP contribution < -0.4 is 5.32 Å². The largest absolute Gasteiger partial charge is 0.336 e. The van der Waals surface area contributed by atoms with Gasteiger partial charge in [0, 0.05) is 50.7 Å². The van der Waals surface area contributed by atoms with Gasteiger partial charge in [-0.15, -0.1) is 47.5 Å². The quantitative estimate of drug-likeness (QED) is 0.770. The molecule has 2 aliphatic heterocycles. The van der Waals surface area contributed by atoms with E-state index >= 15 is 0 Å². The number of piperazine rings is 1. The summed E-state index contributed by atoms with van der Waals surface area (Å²) in [7, 11) is 0. The van der Waals surface area contributed by atoms with Crippen LogP contribution in [-0.2, 0) is 0 Å². The maximum absolute atomic E-state index is 12.7. The second-order valence-corrected chi connectivity index (χ2v) is 8.69. The maximum atomic E-state index is 12.7. The number of thiophene rings is 1. The standard InChI is InChI=1S/C16H19ClN4OS2.2ClH/c17-14-2-1-13(24-14)15-19-12(10-23-15)16(22)21-6-3-11(9-21)20-7-4-18-5-8-20;;/h1-2,10-11,18H,3-9H2;2*1H. The highest BCUT2D eigenvalue weighted by Crippen LogP contribution is 2.33. The summed E-state index contributed by atoms with van der Waals surface area (Å²) in [6.07, 6.45) is 1.06. The van der Waals surface area contributed by atoms with Gasteiger partial charge in [-0.3, -0.25) is 9.69 Å². The molecule has 0 radical (unpaired) electrons. The lowest BCUT2D eigenvalue weighted by molar-refractivity contribution is 0.0768. The Labute approximate surface area is 178 Å². The van der Waals surface area contributed by atoms with Crippen LogP contribution in [0.15, 0.2) is 17.5 Å². The molecule has 4 rings (SSSR count). The van der Waals surface area contributed by atoms with Gasteiger partial charge >= 0.3 is 0 Å². The Kier molecular flexibility index (Phi) is 8.15. The fourth-order valence-electron chi connectivity index (χ4n) is 3.35. The lowest BCUT2D eigenvalue weighted by atomic mass is 10.2. The molecule has 2 saturated heterocycles. The van der Waals surface area contributed by atoms with Crippen LogP contribution in [0.25, 0.3) is 9.88 Å². The van der Waals surface area contributed by atoms with Gasteiger partial charge in [0.2, 0.25) is 0 Å². The van der Waals surface area contributed by atoms with Gasteiger partial charge in [0.15, 0.2) is 0 Å². The van der Waals surface area contributed by atoms with E-state index in [2.05, 4.69) is 15.2 Å². The molecular weight excluding hydrogens is 435 g/mol. The molecule has 2 aliphatic rings. The van der Waals surface area contributed by atoms with Crippen LogP contribution in [0.4, 0.5) is 0 Å². The third-order valence-corrected chi connectivity index (χ3v) is 6.87. The summed E-state index contributed by atoms with van der Waals surface area (Å²) in [5, 5.41) is 6.11. The number of nitrogens with one attached hydrogen (secondary N) is 1. The van der Waals surface area contributed by atoms with Crippen molar-refractivity contribution < 1.29 is 4.79 Å². The van der Waals surface area contributed by atoms with Crippen LogP contribution in [0.3, 0.4) is 0 Å². The van der Waals surface area contributed by atoms with E-state index in [-0.39, 0.29) is 30.7 Å². The predicted molar refractivity (Wildman–Crippen MR) is 114 cm³/mol. The molecule has 26 heavy (non-hydrogen) atoms. The number of aromatic nitrogens is 1. The molecule has 2 aromatic rings. The summed E-state index contributed by atoms with van der Waals surface area (Å²) in [6, 6.07) is 4.31. The first-order chi connectivity index (χ1) is 11.7. The van der Waals surface area contributed by atoms with Crippen LogP contribution >= 0.6 is 59.1 Å². The Morgan fingerprint density at radius 2 is 2.00 bits per heavy atom. The van der Waals surface area contributed by atoms with Gasteiger partial charge in [0.05, 0.1) is 9.21 Å². The van der Waals surface area contributed by atoms with Crippen molar-refractivity contribution in [3.63, 3.8) is 0 Å². The van der Waals surface area contributed by atoms with Crippen molar-refractivity contribution in [3.8, 4) is 9.88 Å². The van der Waals surface area contributed by atoms with E-state index in [1.807, 2.05) is 22.4 Å². The minimum Gasteiger partial charge on any atom is -0.336 e. The van der Waals surface area contributed by atoms with Crippen LogP contribution in [0, 0.1) is 0 Å². The van der Waals surface area contributed by atoms with E-state index in [1.165, 1.54) is 22.7 Å². The van der Waals surface area contributed by atoms with Gasteiger partial charge in [0.25, 0.3) is 5.91 Å². The molecule has 4 heterocycles. The fourth-order valence-corrected chi connectivity index (χ4v) is 5.26. The Hall–Kier alpha value is -0.410. The molecule has 2 fully saturated rings. The SMILES string of the molecule is Cl.Cl.O=C(c1csc(-c2ccc(Cl)s2)n1)N1CCC(N2CCNCC2)C1. The van der Waals surface area contributed by atoms with Crippen LogP contribution in [0.1, 0.15) is 16.9 Å². The smallest absolute Gasteiger partial charge is 0.273 e. The Balaban J connectivity index is 0.00000121. The summed E-state index contributed by atoms with van der Waals surface area (Å²) < 4.78 is 0.742. The molecule has 0 aliphatic carbocycles. The fraction of sp³-hybridized carbons (Fsp3) is 0.500. The number of halogens is 3. The highest BCUT2D eigenvalue weighted by molar-refractivity contribution is 7.23. The van der Waals surface area contributed by atoms with Crippen LogP contribution in [-0.4, -0.2) is 66.0 Å². The van der Waals surface area contributed by atoms with Gasteiger partial charge in [0.1, 0.15) is 10.7 Å². The van der Waals surface area contributed by atoms with E-state index < -0.39 is 0 Å². The van der Waals surface area contributed by atoms with Crippen LogP contribution in [0.5, 0.6) is 0 Å². The number of hydrogen-bond acceptors (Lipinski definition) is 6. The number of hydrogen-bond donors (Lipinski definition) is 1. The zero-order valence-electron chi connectivity index (χ0n) is 14.0. The first-order valence-corrected chi connectivity index (χ1v) is 10.2. The van der Waals surface area contributed by atoms with Gasteiger partial charge < -0.3 is 10.2 Å². The molecule has 0 bridgehead atoms. The highest BCUT2D eigenvalue weighted by atomic mass is 35.5. The average molecular weight is 456 g/mol. The van der Waals surface area contributed by atoms with Gasteiger partial charge in [-0.25, -0.2) is 4.98 Å². The van der Waals surface area contributed by atoms with E-state index in [4.69, 9.17) is 11.6 Å². The summed E-state index contributed by atoms with van der Waals surface area (Å²) in [4.78, 5) is 22.7. The minimum atomic E-state index is 0. The summed E-state index contributed by atoms with van der Waals surface area (Å²) in [5.74, 6) is 0.0535. The molecule has 2 aromatic heterocycles. The van der Waals surface area contributed by atoms with Gasteiger partial charge in [-0.05, 0) is 18.6 Å². The molecule has 5 nitrogen and oxygen atoms in total. The molecule has 10 heteroatoms. The Morgan fingerprint density at radius 1 is 1.23 bits per heavy atom. The summed E-state index contributed by atoms with van der Waals surface area (Å²) in [6.45, 7) is 5.88. The molecule has 1 unspecified atom stereocenters. The van der Waals surface area contributed by atoms with Crippen molar-refractivity contribution in [3.05, 3.63) is 27.5 Å². The third kappa shape index (κ3) is 4.70. The normalized spacial score (nSPS) is 20.5. The van der Waals surface area contributed by atoms with E-state index in [0.29, 0.717) is 11.7 Å². The lowest BCUT2D eigenvalue weighted by Gasteiger charge is -2.32. The molecule has 0 saturated carbocycles. The minimum absolute atomic E-state index is 0. The molecule has 0 spiro atoms. The van der Waals surface area contributed by atoms with Crippen LogP contribution in [0.2, 0.25) is 4.34 Å². The summed E-state index contributed by atoms with van der Waals surface area (Å²) >= 11 is 8.98. The number of likely N-dealkylation sites (tertiary alicyclic amines) is 1. The molecule has 144 valence electrons. The second-order valence-electron chi connectivity index (χ2n) is 6.12. The molecule has 1 atom stereocenters. The first-order valence-electron chi connectivity index (χ1n) is 8.16. The van der Waals surface area contributed by atoms with Crippen molar-refractivity contribution in [1.29, 1.82) is 0 Å². The number of carbonyl (C=O) groups excluding carboxylic acids is 1. The zero-order chi connectivity index (χ0) is 16.5. The summed E-state index contributed by atoms with van der Waals surface area (Å²) in [5.41, 5.74) is 0.556. The second kappa shape index (κ2) is 9.68. The van der Waals surface area contributed by atoms with Crippen molar-refractivity contribution in [2.75, 3.05) is 39.3 Å². The van der Waals surface area contributed by atoms with Crippen molar-refractivity contribution in [2.45, 2.75) is 12.5 Å². The van der Waals surface area contributed by atoms with Gasteiger partial charge in [-0.2, -0.15) is 0 Å². The van der Waals surface area contributed by atoms with Gasteiger partial charge in [-0.1, -0.05) is 11.6 Å². The predicted octanol–water partition coefficient (Wildman–Crippen LogP) is 3.49. The highest BCUT2D eigenvalue weighted by Gasteiger charge is 2.32. The number of amides is 1. The lowest BCUT2D eigenvalue weighted by Crippen LogP contribution is -2.49. The number of rotatable bonds is 3. The number of nitrogens with zero attached hydrogens (tertiary/aromatic N) is 3. The Bertz CT molecular complexity index is 733. The average Bonchev–Trinajstić information content (AvgIpc) is 3.35. The maximum Gasteiger partial charge on any atom is 0.273 e. The molecular formula is C16H21Cl3N4OS2. The van der Waals surface area contributed by atoms with Crippen molar-refractivity contribution in [1.82, 2.24) is 20.1 Å². The van der Waals surface area contributed by atoms with Crippen molar-refractivity contribution >= 4 is 65.0 Å². The van der Waals surface area contributed by atoms with E-state index in [1.54, 1.807) is 0 Å². The van der Waals surface area contributed by atoms with E-state index in [0.717, 1.165) is 59.9 Å². The molecule has 0 aromatic carbocycles. The first kappa shape index (κ1) is 21.9. The number of thiazole rings is 1. The number of carbonyl (C=O) groups is 1. The molecule has 1 amide bonds. The van der Waals surface area contributed by atoms with E-state index in [9.17, 15) is 4.79 Å². The Morgan fingerprint density at radius 3 is 2.69 bits per heavy atom. The monoisotopic (exact) mass is 454 g/mol. The topological polar surface area (TPSA) is 48.5 Å². The third-order valence-electron chi connectivity index (χ3n) is 4.63. The zero-order valence-corrected chi connectivity index (χ0v) is 18.0.